The minimum Gasteiger partial charge on any atom is -0.480 e. The molecule has 5 heteroatoms. The summed E-state index contributed by atoms with van der Waals surface area (Å²) in [5.74, 6) is 0.229. The molecule has 4 nitrogen and oxygen atoms in total. The Hall–Kier alpha value is -0.260. The normalized spacial score (nSPS) is 30.3. The molecule has 0 spiro atoms. The Morgan fingerprint density at radius 2 is 2.54 bits per heavy atom. The molecule has 0 aliphatic carbocycles. The predicted molar refractivity (Wildman–Crippen MR) is 51.8 cm³/mol. The van der Waals surface area contributed by atoms with E-state index in [0.717, 1.165) is 0 Å². The molecule has 0 saturated carbocycles. The highest BCUT2D eigenvalue weighted by Crippen LogP contribution is 2.25. The summed E-state index contributed by atoms with van der Waals surface area (Å²) in [4.78, 5) is 10.6. The monoisotopic (exact) mass is 205 g/mol. The van der Waals surface area contributed by atoms with Crippen molar-refractivity contribution in [1.29, 1.82) is 0 Å². The second-order valence-corrected chi connectivity index (χ2v) is 4.42. The molecule has 1 rings (SSSR count). The van der Waals surface area contributed by atoms with Crippen molar-refractivity contribution in [3.8, 4) is 0 Å². The second kappa shape index (κ2) is 4.83. The fourth-order valence-electron chi connectivity index (χ4n) is 1.32. The van der Waals surface area contributed by atoms with Crippen LogP contribution in [0.15, 0.2) is 0 Å². The van der Waals surface area contributed by atoms with E-state index in [2.05, 4.69) is 12.2 Å². The van der Waals surface area contributed by atoms with Gasteiger partial charge in [-0.15, -0.1) is 11.8 Å². The van der Waals surface area contributed by atoms with Crippen molar-refractivity contribution >= 4 is 17.7 Å². The van der Waals surface area contributed by atoms with Crippen LogP contribution in [-0.4, -0.2) is 42.0 Å². The lowest BCUT2D eigenvalue weighted by Crippen LogP contribution is -2.39. The molecule has 0 bridgehead atoms. The lowest BCUT2D eigenvalue weighted by Gasteiger charge is -2.18. The third-order valence-electron chi connectivity index (χ3n) is 2.05. The van der Waals surface area contributed by atoms with E-state index in [0.29, 0.717) is 18.3 Å². The summed E-state index contributed by atoms with van der Waals surface area (Å²) >= 11 is 1.65. The molecule has 0 aromatic rings. The number of carboxylic acids is 1. The third kappa shape index (κ3) is 2.86. The molecule has 0 amide bonds. The summed E-state index contributed by atoms with van der Waals surface area (Å²) in [5.41, 5.74) is 0. The van der Waals surface area contributed by atoms with Crippen LogP contribution in [0.3, 0.4) is 0 Å². The Labute approximate surface area is 82.0 Å². The first-order valence-corrected chi connectivity index (χ1v) is 5.29. The molecule has 2 unspecified atom stereocenters. The smallest absolute Gasteiger partial charge is 0.321 e. The van der Waals surface area contributed by atoms with Gasteiger partial charge in [0.1, 0.15) is 6.04 Å². The highest BCUT2D eigenvalue weighted by molar-refractivity contribution is 8.00. The van der Waals surface area contributed by atoms with Crippen molar-refractivity contribution in [2.24, 2.45) is 5.92 Å². The number of aliphatic carboxylic acids is 1. The molecular weight excluding hydrogens is 190 g/mol. The highest BCUT2D eigenvalue weighted by Gasteiger charge is 2.32. The van der Waals surface area contributed by atoms with E-state index >= 15 is 0 Å². The van der Waals surface area contributed by atoms with E-state index in [-0.39, 0.29) is 5.37 Å². The van der Waals surface area contributed by atoms with Crippen LogP contribution in [0.25, 0.3) is 0 Å². The molecule has 0 aromatic heterocycles. The lowest BCUT2D eigenvalue weighted by molar-refractivity contribution is -0.138. The van der Waals surface area contributed by atoms with Gasteiger partial charge in [-0.1, -0.05) is 6.92 Å². The van der Waals surface area contributed by atoms with E-state index < -0.39 is 12.0 Å². The van der Waals surface area contributed by atoms with Gasteiger partial charge < -0.3 is 9.84 Å². The number of hydrogen-bond donors (Lipinski definition) is 2. The number of ether oxygens (including phenoxy) is 1. The molecule has 76 valence electrons. The molecule has 2 N–H and O–H groups in total. The maximum atomic E-state index is 10.6. The Morgan fingerprint density at radius 1 is 1.85 bits per heavy atom. The number of carboxylic acid groups (broad SMARTS) is 1. The quantitative estimate of drug-likeness (QED) is 0.695. The van der Waals surface area contributed by atoms with Crippen molar-refractivity contribution in [1.82, 2.24) is 5.32 Å². The molecule has 13 heavy (non-hydrogen) atoms. The van der Waals surface area contributed by atoms with E-state index in [1.165, 1.54) is 0 Å². The fourth-order valence-corrected chi connectivity index (χ4v) is 2.62. The number of carbonyl (C=O) groups is 1. The zero-order valence-electron chi connectivity index (χ0n) is 7.82. The summed E-state index contributed by atoms with van der Waals surface area (Å²) in [6.07, 6.45) is 0. The van der Waals surface area contributed by atoms with Crippen molar-refractivity contribution in [3.63, 3.8) is 0 Å². The number of rotatable bonds is 4. The molecule has 0 radical (unpaired) electrons. The standard InChI is InChI=1S/C8H15NO3S/c1-5(3-12-2)7-9-6(4-13-7)8(10)11/h5-7,9H,3-4H2,1-2H3,(H,10,11)/t5?,6-,7?/m1/s1. The average Bonchev–Trinajstić information content (AvgIpc) is 2.52. The molecule has 1 fully saturated rings. The van der Waals surface area contributed by atoms with Crippen molar-refractivity contribution in [3.05, 3.63) is 0 Å². The minimum atomic E-state index is -0.764. The Balaban J connectivity index is 2.35. The van der Waals surface area contributed by atoms with Gasteiger partial charge in [-0.2, -0.15) is 0 Å². The SMILES string of the molecule is COCC(C)C1N[C@@H](C(=O)O)CS1. The van der Waals surface area contributed by atoms with Gasteiger partial charge in [0.2, 0.25) is 0 Å². The minimum absolute atomic E-state index is 0.209. The Kier molecular flexibility index (Phi) is 4.02. The maximum Gasteiger partial charge on any atom is 0.321 e. The molecule has 1 aliphatic rings. The molecule has 0 aromatic carbocycles. The largest absolute Gasteiger partial charge is 0.480 e. The van der Waals surface area contributed by atoms with E-state index in [4.69, 9.17) is 9.84 Å². The number of methoxy groups -OCH3 is 1. The van der Waals surface area contributed by atoms with Crippen LogP contribution in [0.1, 0.15) is 6.92 Å². The highest BCUT2D eigenvalue weighted by atomic mass is 32.2. The van der Waals surface area contributed by atoms with Crippen LogP contribution in [0, 0.1) is 5.92 Å². The second-order valence-electron chi connectivity index (χ2n) is 3.24. The van der Waals surface area contributed by atoms with Gasteiger partial charge >= 0.3 is 5.97 Å². The van der Waals surface area contributed by atoms with Gasteiger partial charge in [0.05, 0.1) is 12.0 Å². The van der Waals surface area contributed by atoms with Crippen LogP contribution in [0.2, 0.25) is 0 Å². The Bertz CT molecular complexity index is 188. The Morgan fingerprint density at radius 3 is 3.00 bits per heavy atom. The average molecular weight is 205 g/mol. The van der Waals surface area contributed by atoms with Crippen LogP contribution < -0.4 is 5.32 Å². The van der Waals surface area contributed by atoms with Gasteiger partial charge in [0.25, 0.3) is 0 Å². The van der Waals surface area contributed by atoms with Gasteiger partial charge in [0.15, 0.2) is 0 Å². The predicted octanol–water partition coefficient (Wildman–Crippen LogP) is 0.385. The van der Waals surface area contributed by atoms with Crippen LogP contribution in [0.4, 0.5) is 0 Å². The van der Waals surface area contributed by atoms with Crippen molar-refractivity contribution in [2.75, 3.05) is 19.5 Å². The van der Waals surface area contributed by atoms with Gasteiger partial charge in [-0.3, -0.25) is 10.1 Å². The first-order valence-electron chi connectivity index (χ1n) is 4.24. The molecule has 1 saturated heterocycles. The number of thioether (sulfide) groups is 1. The molecular formula is C8H15NO3S. The van der Waals surface area contributed by atoms with E-state index in [9.17, 15) is 4.79 Å². The van der Waals surface area contributed by atoms with Crippen LogP contribution >= 0.6 is 11.8 Å². The molecule has 1 aliphatic heterocycles. The van der Waals surface area contributed by atoms with Crippen LogP contribution in [-0.2, 0) is 9.53 Å². The lowest BCUT2D eigenvalue weighted by atomic mass is 10.2. The number of nitrogens with one attached hydrogen (secondary N) is 1. The topological polar surface area (TPSA) is 58.6 Å². The summed E-state index contributed by atoms with van der Waals surface area (Å²) in [6.45, 7) is 2.72. The fraction of sp³-hybridized carbons (Fsp3) is 0.875. The first-order chi connectivity index (χ1) is 6.15. The molecule has 3 atom stereocenters. The zero-order valence-corrected chi connectivity index (χ0v) is 8.63. The van der Waals surface area contributed by atoms with Crippen molar-refractivity contribution < 1.29 is 14.6 Å². The zero-order chi connectivity index (χ0) is 9.84. The van der Waals surface area contributed by atoms with E-state index in [1.807, 2.05) is 0 Å². The summed E-state index contributed by atoms with van der Waals surface area (Å²) in [7, 11) is 1.66. The summed E-state index contributed by atoms with van der Waals surface area (Å²) < 4.78 is 5.01. The first kappa shape index (κ1) is 10.8. The third-order valence-corrected chi connectivity index (χ3v) is 3.54. The summed E-state index contributed by atoms with van der Waals surface area (Å²) in [5, 5.41) is 12.0. The van der Waals surface area contributed by atoms with Gasteiger partial charge in [-0.25, -0.2) is 0 Å². The van der Waals surface area contributed by atoms with E-state index in [1.54, 1.807) is 18.9 Å². The molecule has 1 heterocycles. The van der Waals surface area contributed by atoms with Gasteiger partial charge in [-0.05, 0) is 0 Å². The van der Waals surface area contributed by atoms with Gasteiger partial charge in [0, 0.05) is 18.8 Å². The van der Waals surface area contributed by atoms with Crippen LogP contribution in [0.5, 0.6) is 0 Å². The number of hydrogen-bond acceptors (Lipinski definition) is 4. The van der Waals surface area contributed by atoms with Crippen molar-refractivity contribution in [2.45, 2.75) is 18.3 Å². The summed E-state index contributed by atoms with van der Waals surface area (Å²) in [6, 6.07) is -0.394. The maximum absolute atomic E-state index is 10.6.